The molecule has 0 saturated carbocycles. The predicted octanol–water partition coefficient (Wildman–Crippen LogP) is 2.76. The normalized spacial score (nSPS) is 24.7. The molecule has 1 unspecified atom stereocenters. The van der Waals surface area contributed by atoms with Crippen molar-refractivity contribution in [3.05, 3.63) is 29.3 Å². The second-order valence-corrected chi connectivity index (χ2v) is 5.73. The number of ether oxygens (including phenoxy) is 2. The highest BCUT2D eigenvalue weighted by molar-refractivity contribution is 6.00. The molecule has 3 rings (SSSR count). The molecule has 96 valence electrons. The van der Waals surface area contributed by atoms with E-state index in [0.29, 0.717) is 6.61 Å². The van der Waals surface area contributed by atoms with E-state index >= 15 is 0 Å². The van der Waals surface area contributed by atoms with Gasteiger partial charge < -0.3 is 9.47 Å². The second kappa shape index (κ2) is 4.09. The molecule has 1 aromatic carbocycles. The highest BCUT2D eigenvalue weighted by atomic mass is 16.5. The zero-order valence-electron chi connectivity index (χ0n) is 10.9. The highest BCUT2D eigenvalue weighted by Crippen LogP contribution is 2.35. The van der Waals surface area contributed by atoms with Crippen LogP contribution in [-0.2, 0) is 11.2 Å². The van der Waals surface area contributed by atoms with Crippen LogP contribution in [0.3, 0.4) is 0 Å². The summed E-state index contributed by atoms with van der Waals surface area (Å²) in [6.45, 7) is 4.83. The Labute approximate surface area is 107 Å². The molecule has 1 atom stereocenters. The first-order valence-electron chi connectivity index (χ1n) is 6.53. The highest BCUT2D eigenvalue weighted by Gasteiger charge is 2.31. The number of carbonyl (C=O) groups is 1. The van der Waals surface area contributed by atoms with Gasteiger partial charge >= 0.3 is 0 Å². The molecule has 0 aliphatic carbocycles. The zero-order chi connectivity index (χ0) is 12.8. The number of fused-ring (bicyclic) bond motifs is 1. The van der Waals surface area contributed by atoms with Gasteiger partial charge in [-0.15, -0.1) is 0 Å². The first kappa shape index (κ1) is 11.7. The lowest BCUT2D eigenvalue weighted by Gasteiger charge is -2.16. The Morgan fingerprint density at radius 1 is 1.39 bits per heavy atom. The predicted molar refractivity (Wildman–Crippen MR) is 68.2 cm³/mol. The van der Waals surface area contributed by atoms with E-state index < -0.39 is 0 Å². The molecule has 3 heteroatoms. The van der Waals surface area contributed by atoms with Crippen molar-refractivity contribution in [1.82, 2.24) is 0 Å². The summed E-state index contributed by atoms with van der Waals surface area (Å²) in [4.78, 5) is 12.2. The summed E-state index contributed by atoms with van der Waals surface area (Å²) in [5.41, 5.74) is 1.72. The molecule has 0 radical (unpaired) electrons. The molecule has 0 spiro atoms. The molecule has 0 bridgehead atoms. The van der Waals surface area contributed by atoms with Crippen molar-refractivity contribution in [2.45, 2.75) is 44.8 Å². The molecule has 0 N–H and O–H groups in total. The van der Waals surface area contributed by atoms with Crippen LogP contribution in [0.15, 0.2) is 18.2 Å². The van der Waals surface area contributed by atoms with Gasteiger partial charge in [0.25, 0.3) is 0 Å². The molecule has 2 heterocycles. The van der Waals surface area contributed by atoms with Gasteiger partial charge in [-0.2, -0.15) is 0 Å². The van der Waals surface area contributed by atoms with Crippen LogP contribution in [0.25, 0.3) is 0 Å². The second-order valence-electron chi connectivity index (χ2n) is 5.73. The van der Waals surface area contributed by atoms with Crippen molar-refractivity contribution < 1.29 is 14.3 Å². The molecular formula is C15H18O3. The van der Waals surface area contributed by atoms with Crippen LogP contribution in [0.5, 0.6) is 5.75 Å². The number of hydrogen-bond donors (Lipinski definition) is 0. The van der Waals surface area contributed by atoms with E-state index in [0.717, 1.165) is 36.1 Å². The maximum absolute atomic E-state index is 12.2. The first-order chi connectivity index (χ1) is 8.55. The lowest BCUT2D eigenvalue weighted by molar-refractivity contribution is 0.0643. The van der Waals surface area contributed by atoms with Gasteiger partial charge in [0.05, 0.1) is 0 Å². The fraction of sp³-hybridized carbons (Fsp3) is 0.533. The Morgan fingerprint density at radius 2 is 2.22 bits per heavy atom. The van der Waals surface area contributed by atoms with Crippen LogP contribution in [-0.4, -0.2) is 24.1 Å². The molecule has 2 aliphatic heterocycles. The SMILES string of the molecule is CC1(C)Cc2cc(C(=O)C3CCCO3)ccc2O1. The first-order valence-corrected chi connectivity index (χ1v) is 6.53. The fourth-order valence-corrected chi connectivity index (χ4v) is 2.73. The van der Waals surface area contributed by atoms with Gasteiger partial charge in [0.2, 0.25) is 0 Å². The van der Waals surface area contributed by atoms with Gasteiger partial charge in [-0.05, 0) is 50.5 Å². The van der Waals surface area contributed by atoms with Crippen molar-refractivity contribution in [1.29, 1.82) is 0 Å². The molecule has 0 amide bonds. The van der Waals surface area contributed by atoms with Crippen molar-refractivity contribution in [2.75, 3.05) is 6.61 Å². The zero-order valence-corrected chi connectivity index (χ0v) is 10.9. The monoisotopic (exact) mass is 246 g/mol. The van der Waals surface area contributed by atoms with Gasteiger partial charge in [0.15, 0.2) is 5.78 Å². The standard InChI is InChI=1S/C15H18O3/c1-15(2)9-11-8-10(5-6-12(11)18-15)14(16)13-4-3-7-17-13/h5-6,8,13H,3-4,7,9H2,1-2H3. The average Bonchev–Trinajstić information content (AvgIpc) is 2.91. The molecule has 2 aliphatic rings. The van der Waals surface area contributed by atoms with Crippen LogP contribution in [0, 0.1) is 0 Å². The van der Waals surface area contributed by atoms with Gasteiger partial charge in [-0.25, -0.2) is 0 Å². The lowest BCUT2D eigenvalue weighted by Crippen LogP contribution is -2.24. The third-order valence-corrected chi connectivity index (χ3v) is 3.57. The summed E-state index contributed by atoms with van der Waals surface area (Å²) in [7, 11) is 0. The van der Waals surface area contributed by atoms with Gasteiger partial charge in [0.1, 0.15) is 17.5 Å². The molecule has 1 fully saturated rings. The van der Waals surface area contributed by atoms with Crippen molar-refractivity contribution >= 4 is 5.78 Å². The van der Waals surface area contributed by atoms with E-state index in [4.69, 9.17) is 9.47 Å². The maximum atomic E-state index is 12.2. The fourth-order valence-electron chi connectivity index (χ4n) is 2.73. The summed E-state index contributed by atoms with van der Waals surface area (Å²) >= 11 is 0. The topological polar surface area (TPSA) is 35.5 Å². The third-order valence-electron chi connectivity index (χ3n) is 3.57. The van der Waals surface area contributed by atoms with Crippen molar-refractivity contribution in [3.63, 3.8) is 0 Å². The lowest BCUT2D eigenvalue weighted by atomic mass is 9.97. The smallest absolute Gasteiger partial charge is 0.191 e. The van der Waals surface area contributed by atoms with Gasteiger partial charge in [-0.3, -0.25) is 4.79 Å². The van der Waals surface area contributed by atoms with E-state index in [1.165, 1.54) is 0 Å². The van der Waals surface area contributed by atoms with Gasteiger partial charge in [-0.1, -0.05) is 0 Å². The molecule has 1 saturated heterocycles. The molecule has 1 aromatic rings. The number of benzene rings is 1. The summed E-state index contributed by atoms with van der Waals surface area (Å²) in [6, 6.07) is 5.73. The largest absolute Gasteiger partial charge is 0.487 e. The van der Waals surface area contributed by atoms with Crippen molar-refractivity contribution in [3.8, 4) is 5.75 Å². The number of Topliss-reactive ketones (excluding diaryl/α,β-unsaturated/α-hetero) is 1. The Hall–Kier alpha value is -1.35. The van der Waals surface area contributed by atoms with E-state index in [9.17, 15) is 4.79 Å². The molecule has 18 heavy (non-hydrogen) atoms. The molecular weight excluding hydrogens is 228 g/mol. The Balaban J connectivity index is 1.85. The molecule has 3 nitrogen and oxygen atoms in total. The van der Waals surface area contributed by atoms with E-state index in [2.05, 4.69) is 13.8 Å². The Kier molecular flexibility index (Phi) is 2.67. The minimum atomic E-state index is -0.238. The average molecular weight is 246 g/mol. The van der Waals surface area contributed by atoms with Crippen LogP contribution in [0.2, 0.25) is 0 Å². The third kappa shape index (κ3) is 2.03. The van der Waals surface area contributed by atoms with E-state index in [1.807, 2.05) is 18.2 Å². The van der Waals surface area contributed by atoms with E-state index in [-0.39, 0.29) is 17.5 Å². The number of ketones is 1. The maximum Gasteiger partial charge on any atom is 0.191 e. The Bertz CT molecular complexity index is 485. The summed E-state index contributed by atoms with van der Waals surface area (Å²) in [6.07, 6.45) is 2.45. The van der Waals surface area contributed by atoms with Crippen LogP contribution in [0.4, 0.5) is 0 Å². The summed E-state index contributed by atoms with van der Waals surface area (Å²) < 4.78 is 11.3. The minimum Gasteiger partial charge on any atom is -0.487 e. The van der Waals surface area contributed by atoms with E-state index in [1.54, 1.807) is 0 Å². The van der Waals surface area contributed by atoms with Crippen LogP contribution >= 0.6 is 0 Å². The summed E-state index contributed by atoms with van der Waals surface area (Å²) in [5, 5.41) is 0. The van der Waals surface area contributed by atoms with Gasteiger partial charge in [0, 0.05) is 18.6 Å². The van der Waals surface area contributed by atoms with Crippen molar-refractivity contribution in [2.24, 2.45) is 0 Å². The molecule has 0 aromatic heterocycles. The number of rotatable bonds is 2. The van der Waals surface area contributed by atoms with Crippen LogP contribution < -0.4 is 4.74 Å². The summed E-state index contributed by atoms with van der Waals surface area (Å²) in [5.74, 6) is 1.02. The number of hydrogen-bond acceptors (Lipinski definition) is 3. The Morgan fingerprint density at radius 3 is 2.94 bits per heavy atom. The quantitative estimate of drug-likeness (QED) is 0.753. The number of carbonyl (C=O) groups excluding carboxylic acids is 1. The minimum absolute atomic E-state index is 0.111. The van der Waals surface area contributed by atoms with Crippen LogP contribution in [0.1, 0.15) is 42.6 Å².